The first-order chi connectivity index (χ1) is 11.6. The lowest BCUT2D eigenvalue weighted by Gasteiger charge is -2.28. The summed E-state index contributed by atoms with van der Waals surface area (Å²) in [5.41, 5.74) is 7.73. The predicted molar refractivity (Wildman–Crippen MR) is 94.7 cm³/mol. The van der Waals surface area contributed by atoms with Gasteiger partial charge in [-0.25, -0.2) is 0 Å². The summed E-state index contributed by atoms with van der Waals surface area (Å²) in [6.07, 6.45) is 2.95. The van der Waals surface area contributed by atoms with Gasteiger partial charge in [-0.3, -0.25) is 15.6 Å². The van der Waals surface area contributed by atoms with Gasteiger partial charge in [-0.2, -0.15) is 0 Å². The third kappa shape index (κ3) is 3.73. The first-order valence-corrected chi connectivity index (χ1v) is 9.03. The number of fused-ring (bicyclic) bond motifs is 1. The molecular formula is C19H29N3O2. The summed E-state index contributed by atoms with van der Waals surface area (Å²) >= 11 is 0. The molecule has 0 saturated carbocycles. The Balaban J connectivity index is 1.47. The molecule has 1 aromatic rings. The third-order valence-corrected chi connectivity index (χ3v) is 5.46. The number of ether oxygens (including phenoxy) is 1. The quantitative estimate of drug-likeness (QED) is 0.866. The number of nitrogens with zero attached hydrogens (tertiary/aromatic N) is 1. The van der Waals surface area contributed by atoms with Crippen LogP contribution in [0.5, 0.6) is 5.75 Å². The van der Waals surface area contributed by atoms with Gasteiger partial charge >= 0.3 is 0 Å². The van der Waals surface area contributed by atoms with Crippen molar-refractivity contribution in [3.8, 4) is 5.75 Å². The number of hydrazine groups is 1. The van der Waals surface area contributed by atoms with Crippen molar-refractivity contribution in [2.24, 2.45) is 11.8 Å². The standard InChI is InChI=1S/C19H29N3O2/c1-13-17(14(2)21-20-13)8-6-10-22(3)19(23)16-11-15-7-4-5-9-18(15)24-12-16/h4-5,7,9,13-14,16-17,20-21H,6,8,10-12H2,1-3H3. The van der Waals surface area contributed by atoms with Crippen LogP contribution in [0.3, 0.4) is 0 Å². The van der Waals surface area contributed by atoms with Crippen LogP contribution in [0, 0.1) is 11.8 Å². The number of nitrogens with one attached hydrogen (secondary N) is 2. The van der Waals surface area contributed by atoms with Crippen LogP contribution in [0.15, 0.2) is 24.3 Å². The number of para-hydroxylation sites is 1. The van der Waals surface area contributed by atoms with E-state index in [4.69, 9.17) is 4.74 Å². The minimum absolute atomic E-state index is 0.0578. The van der Waals surface area contributed by atoms with Crippen LogP contribution in [-0.2, 0) is 11.2 Å². The average molecular weight is 331 g/mol. The van der Waals surface area contributed by atoms with Crippen LogP contribution in [0.2, 0.25) is 0 Å². The van der Waals surface area contributed by atoms with Crippen molar-refractivity contribution in [3.05, 3.63) is 29.8 Å². The number of rotatable bonds is 5. The van der Waals surface area contributed by atoms with Gasteiger partial charge in [-0.15, -0.1) is 0 Å². The van der Waals surface area contributed by atoms with Crippen molar-refractivity contribution in [2.45, 2.75) is 45.2 Å². The Kier molecular flexibility index (Phi) is 5.41. The number of benzene rings is 1. The number of carbonyl (C=O) groups excluding carboxylic acids is 1. The van der Waals surface area contributed by atoms with E-state index in [0.717, 1.165) is 37.1 Å². The lowest BCUT2D eigenvalue weighted by molar-refractivity contribution is -0.135. The molecule has 1 amide bonds. The molecule has 5 nitrogen and oxygen atoms in total. The van der Waals surface area contributed by atoms with Gasteiger partial charge < -0.3 is 9.64 Å². The molecule has 3 atom stereocenters. The summed E-state index contributed by atoms with van der Waals surface area (Å²) in [6, 6.07) is 8.99. The van der Waals surface area contributed by atoms with Gasteiger partial charge in [0.25, 0.3) is 0 Å². The molecule has 0 radical (unpaired) electrons. The van der Waals surface area contributed by atoms with E-state index in [1.807, 2.05) is 30.1 Å². The zero-order chi connectivity index (χ0) is 17.1. The second-order valence-corrected chi connectivity index (χ2v) is 7.25. The molecule has 1 aromatic carbocycles. The fourth-order valence-corrected chi connectivity index (χ4v) is 3.88. The Hall–Kier alpha value is -1.59. The molecule has 2 heterocycles. The van der Waals surface area contributed by atoms with E-state index in [1.54, 1.807) is 0 Å². The van der Waals surface area contributed by atoms with E-state index in [-0.39, 0.29) is 11.8 Å². The zero-order valence-electron chi connectivity index (χ0n) is 14.9. The lowest BCUT2D eigenvalue weighted by atomic mass is 9.91. The van der Waals surface area contributed by atoms with Crippen molar-refractivity contribution >= 4 is 5.91 Å². The van der Waals surface area contributed by atoms with Crippen LogP contribution in [0.1, 0.15) is 32.3 Å². The van der Waals surface area contributed by atoms with Crippen LogP contribution in [-0.4, -0.2) is 43.1 Å². The highest BCUT2D eigenvalue weighted by Crippen LogP contribution is 2.27. The molecule has 1 saturated heterocycles. The van der Waals surface area contributed by atoms with E-state index in [1.165, 1.54) is 0 Å². The molecule has 2 aliphatic heterocycles. The van der Waals surface area contributed by atoms with E-state index >= 15 is 0 Å². The maximum atomic E-state index is 12.7. The molecule has 5 heteroatoms. The molecule has 0 spiro atoms. The summed E-state index contributed by atoms with van der Waals surface area (Å²) in [6.45, 7) is 5.73. The average Bonchev–Trinajstić information content (AvgIpc) is 2.92. The van der Waals surface area contributed by atoms with E-state index in [9.17, 15) is 4.79 Å². The maximum absolute atomic E-state index is 12.7. The summed E-state index contributed by atoms with van der Waals surface area (Å²) < 4.78 is 5.76. The van der Waals surface area contributed by atoms with E-state index in [2.05, 4.69) is 30.8 Å². The largest absolute Gasteiger partial charge is 0.492 e. The van der Waals surface area contributed by atoms with Crippen LogP contribution >= 0.6 is 0 Å². The lowest BCUT2D eigenvalue weighted by Crippen LogP contribution is -2.39. The zero-order valence-corrected chi connectivity index (χ0v) is 14.9. The third-order valence-electron chi connectivity index (χ3n) is 5.46. The summed E-state index contributed by atoms with van der Waals surface area (Å²) in [5.74, 6) is 1.69. The number of carbonyl (C=O) groups is 1. The van der Waals surface area contributed by atoms with Gasteiger partial charge in [0, 0.05) is 25.7 Å². The first-order valence-electron chi connectivity index (χ1n) is 9.03. The van der Waals surface area contributed by atoms with Crippen LogP contribution < -0.4 is 15.6 Å². The molecule has 3 rings (SSSR count). The van der Waals surface area contributed by atoms with Gasteiger partial charge in [0.05, 0.1) is 5.92 Å². The van der Waals surface area contributed by atoms with E-state index in [0.29, 0.717) is 24.6 Å². The molecule has 0 bridgehead atoms. The SMILES string of the molecule is CC1NNC(C)C1CCCN(C)C(=O)C1COc2ccccc2C1. The molecule has 2 aliphatic rings. The second kappa shape index (κ2) is 7.53. The van der Waals surface area contributed by atoms with Crippen LogP contribution in [0.25, 0.3) is 0 Å². The molecule has 0 aliphatic carbocycles. The van der Waals surface area contributed by atoms with Gasteiger partial charge in [0.2, 0.25) is 5.91 Å². The Labute approximate surface area is 144 Å². The fourth-order valence-electron chi connectivity index (χ4n) is 3.88. The highest BCUT2D eigenvalue weighted by atomic mass is 16.5. The fraction of sp³-hybridized carbons (Fsp3) is 0.632. The van der Waals surface area contributed by atoms with Gasteiger partial charge in [0.15, 0.2) is 0 Å². The molecule has 1 fully saturated rings. The van der Waals surface area contributed by atoms with E-state index < -0.39 is 0 Å². The molecule has 3 unspecified atom stereocenters. The number of hydrogen-bond donors (Lipinski definition) is 2. The Morgan fingerprint density at radius 1 is 1.25 bits per heavy atom. The predicted octanol–water partition coefficient (Wildman–Crippen LogP) is 1.98. The van der Waals surface area contributed by atoms with Gasteiger partial charge in [-0.1, -0.05) is 18.2 Å². The highest BCUT2D eigenvalue weighted by Gasteiger charge is 2.30. The maximum Gasteiger partial charge on any atom is 0.229 e. The van der Waals surface area contributed by atoms with Crippen molar-refractivity contribution in [2.75, 3.05) is 20.2 Å². The minimum atomic E-state index is -0.0578. The summed E-state index contributed by atoms with van der Waals surface area (Å²) in [4.78, 5) is 14.6. The van der Waals surface area contributed by atoms with Gasteiger partial charge in [-0.05, 0) is 50.7 Å². The second-order valence-electron chi connectivity index (χ2n) is 7.25. The highest BCUT2D eigenvalue weighted by molar-refractivity contribution is 5.79. The molecular weight excluding hydrogens is 302 g/mol. The van der Waals surface area contributed by atoms with Crippen molar-refractivity contribution in [1.82, 2.24) is 15.8 Å². The number of hydrogen-bond acceptors (Lipinski definition) is 4. The summed E-state index contributed by atoms with van der Waals surface area (Å²) in [7, 11) is 1.92. The Bertz CT molecular complexity index is 567. The molecule has 24 heavy (non-hydrogen) atoms. The minimum Gasteiger partial charge on any atom is -0.492 e. The van der Waals surface area contributed by atoms with Crippen LogP contribution in [0.4, 0.5) is 0 Å². The molecule has 132 valence electrons. The summed E-state index contributed by atoms with van der Waals surface area (Å²) in [5, 5.41) is 0. The normalized spacial score (nSPS) is 29.0. The van der Waals surface area contributed by atoms with Crippen molar-refractivity contribution in [1.29, 1.82) is 0 Å². The molecule has 0 aromatic heterocycles. The Morgan fingerprint density at radius 3 is 2.71 bits per heavy atom. The van der Waals surface area contributed by atoms with Crippen molar-refractivity contribution < 1.29 is 9.53 Å². The Morgan fingerprint density at radius 2 is 1.96 bits per heavy atom. The smallest absolute Gasteiger partial charge is 0.229 e. The number of amides is 1. The monoisotopic (exact) mass is 331 g/mol. The first kappa shape index (κ1) is 17.2. The van der Waals surface area contributed by atoms with Gasteiger partial charge in [0.1, 0.15) is 12.4 Å². The topological polar surface area (TPSA) is 53.6 Å². The van der Waals surface area contributed by atoms with Crippen molar-refractivity contribution in [3.63, 3.8) is 0 Å². The molecule has 2 N–H and O–H groups in total.